The van der Waals surface area contributed by atoms with Gasteiger partial charge in [0.05, 0.1) is 7.11 Å². The number of nitrogens with one attached hydrogen (secondary N) is 1. The Morgan fingerprint density at radius 3 is 2.92 bits per heavy atom. The summed E-state index contributed by atoms with van der Waals surface area (Å²) in [4.78, 5) is 0. The van der Waals surface area contributed by atoms with Gasteiger partial charge in [0.2, 0.25) is 0 Å². The molecule has 0 amide bonds. The highest BCUT2D eigenvalue weighted by Gasteiger charge is 2.02. The summed E-state index contributed by atoms with van der Waals surface area (Å²) in [7, 11) is 1.50. The molecule has 4 heteroatoms. The maximum Gasteiger partial charge on any atom is 0.128 e. The molecule has 3 nitrogen and oxygen atoms in total. The fraction of sp³-hybridized carbons (Fsp3) is 0.250. The SMILES string of the molecule is COc1ccc(F)c(CNO)c1. The first-order chi connectivity index (χ1) is 5.77. The largest absolute Gasteiger partial charge is 0.497 e. The number of rotatable bonds is 3. The van der Waals surface area contributed by atoms with E-state index in [1.807, 2.05) is 5.48 Å². The molecule has 0 atom stereocenters. The second-order valence-corrected chi connectivity index (χ2v) is 2.29. The lowest BCUT2D eigenvalue weighted by molar-refractivity contribution is 0.160. The van der Waals surface area contributed by atoms with E-state index in [0.29, 0.717) is 11.3 Å². The molecular weight excluding hydrogens is 161 g/mol. The van der Waals surface area contributed by atoms with Crippen LogP contribution in [0, 0.1) is 5.82 Å². The third-order valence-electron chi connectivity index (χ3n) is 1.52. The van der Waals surface area contributed by atoms with E-state index in [0.717, 1.165) is 0 Å². The van der Waals surface area contributed by atoms with Crippen molar-refractivity contribution in [3.05, 3.63) is 29.6 Å². The van der Waals surface area contributed by atoms with Gasteiger partial charge in [-0.15, -0.1) is 0 Å². The fourth-order valence-corrected chi connectivity index (χ4v) is 0.899. The van der Waals surface area contributed by atoms with E-state index >= 15 is 0 Å². The highest BCUT2D eigenvalue weighted by atomic mass is 19.1. The molecule has 1 aromatic rings. The molecule has 1 rings (SSSR count). The number of methoxy groups -OCH3 is 1. The van der Waals surface area contributed by atoms with E-state index in [1.54, 1.807) is 0 Å². The maximum atomic E-state index is 12.9. The third-order valence-corrected chi connectivity index (χ3v) is 1.52. The van der Waals surface area contributed by atoms with E-state index in [-0.39, 0.29) is 12.4 Å². The van der Waals surface area contributed by atoms with Crippen LogP contribution in [-0.4, -0.2) is 12.3 Å². The zero-order valence-corrected chi connectivity index (χ0v) is 6.67. The van der Waals surface area contributed by atoms with Crippen LogP contribution in [0.4, 0.5) is 4.39 Å². The molecule has 0 aromatic heterocycles. The van der Waals surface area contributed by atoms with Crippen LogP contribution in [0.1, 0.15) is 5.56 Å². The monoisotopic (exact) mass is 171 g/mol. The summed E-state index contributed by atoms with van der Waals surface area (Å²) in [6.07, 6.45) is 0. The van der Waals surface area contributed by atoms with Crippen LogP contribution in [0.15, 0.2) is 18.2 Å². The van der Waals surface area contributed by atoms with Gasteiger partial charge in [-0.05, 0) is 18.2 Å². The Balaban J connectivity index is 2.91. The van der Waals surface area contributed by atoms with Gasteiger partial charge in [-0.25, -0.2) is 9.87 Å². The Labute approximate surface area is 69.7 Å². The molecule has 0 bridgehead atoms. The van der Waals surface area contributed by atoms with Crippen molar-refractivity contribution < 1.29 is 14.3 Å². The van der Waals surface area contributed by atoms with Crippen LogP contribution in [0.25, 0.3) is 0 Å². The lowest BCUT2D eigenvalue weighted by Crippen LogP contribution is -2.07. The lowest BCUT2D eigenvalue weighted by Gasteiger charge is -2.04. The van der Waals surface area contributed by atoms with Crippen molar-refractivity contribution in [3.63, 3.8) is 0 Å². The number of ether oxygens (including phenoxy) is 1. The number of halogens is 1. The first-order valence-electron chi connectivity index (χ1n) is 3.47. The van der Waals surface area contributed by atoms with Crippen LogP contribution in [0.2, 0.25) is 0 Å². The number of hydrogen-bond donors (Lipinski definition) is 2. The third kappa shape index (κ3) is 1.93. The van der Waals surface area contributed by atoms with E-state index in [4.69, 9.17) is 9.94 Å². The van der Waals surface area contributed by atoms with Gasteiger partial charge in [0, 0.05) is 12.1 Å². The average molecular weight is 171 g/mol. The molecule has 0 aliphatic rings. The van der Waals surface area contributed by atoms with Crippen molar-refractivity contribution in [2.75, 3.05) is 7.11 Å². The predicted octanol–water partition coefficient (Wildman–Crippen LogP) is 1.31. The standard InChI is InChI=1S/C8H10FNO2/c1-12-7-2-3-8(9)6(4-7)5-10-11/h2-4,10-11H,5H2,1H3. The highest BCUT2D eigenvalue weighted by molar-refractivity contribution is 5.29. The second kappa shape index (κ2) is 4.04. The smallest absolute Gasteiger partial charge is 0.128 e. The van der Waals surface area contributed by atoms with Crippen LogP contribution in [-0.2, 0) is 6.54 Å². The first-order valence-corrected chi connectivity index (χ1v) is 3.47. The molecule has 0 radical (unpaired) electrons. The van der Waals surface area contributed by atoms with Gasteiger partial charge in [0.15, 0.2) is 0 Å². The summed E-state index contributed by atoms with van der Waals surface area (Å²) in [6.45, 7) is 0.0725. The zero-order valence-electron chi connectivity index (χ0n) is 6.67. The summed E-state index contributed by atoms with van der Waals surface area (Å²) in [5, 5.41) is 8.35. The summed E-state index contributed by atoms with van der Waals surface area (Å²) in [5.74, 6) is 0.207. The van der Waals surface area contributed by atoms with E-state index in [9.17, 15) is 4.39 Å². The Morgan fingerprint density at radius 1 is 1.58 bits per heavy atom. The van der Waals surface area contributed by atoms with Crippen molar-refractivity contribution in [2.45, 2.75) is 6.54 Å². The summed E-state index contributed by atoms with van der Waals surface area (Å²) >= 11 is 0. The number of hydroxylamine groups is 1. The molecule has 0 aliphatic carbocycles. The molecule has 0 fully saturated rings. The Morgan fingerprint density at radius 2 is 2.33 bits per heavy atom. The van der Waals surface area contributed by atoms with Crippen molar-refractivity contribution in [1.82, 2.24) is 5.48 Å². The first kappa shape index (κ1) is 8.96. The summed E-state index contributed by atoms with van der Waals surface area (Å²) in [5.41, 5.74) is 2.25. The van der Waals surface area contributed by atoms with Crippen LogP contribution >= 0.6 is 0 Å². The molecular formula is C8H10FNO2. The molecule has 0 unspecified atom stereocenters. The maximum absolute atomic E-state index is 12.9. The molecule has 0 spiro atoms. The van der Waals surface area contributed by atoms with Crippen LogP contribution in [0.5, 0.6) is 5.75 Å². The van der Waals surface area contributed by atoms with Crippen molar-refractivity contribution >= 4 is 0 Å². The molecule has 0 heterocycles. The highest BCUT2D eigenvalue weighted by Crippen LogP contribution is 2.15. The van der Waals surface area contributed by atoms with Gasteiger partial charge < -0.3 is 9.94 Å². The fourth-order valence-electron chi connectivity index (χ4n) is 0.899. The summed E-state index contributed by atoms with van der Waals surface area (Å²) in [6, 6.07) is 4.35. The van der Waals surface area contributed by atoms with Gasteiger partial charge in [-0.3, -0.25) is 0 Å². The lowest BCUT2D eigenvalue weighted by atomic mass is 10.2. The van der Waals surface area contributed by atoms with Gasteiger partial charge >= 0.3 is 0 Å². The Kier molecular flexibility index (Phi) is 3.01. The average Bonchev–Trinajstić information content (AvgIpc) is 2.09. The molecule has 66 valence electrons. The van der Waals surface area contributed by atoms with Crippen molar-refractivity contribution in [1.29, 1.82) is 0 Å². The number of benzene rings is 1. The quantitative estimate of drug-likeness (QED) is 0.674. The predicted molar refractivity (Wildman–Crippen MR) is 41.6 cm³/mol. The van der Waals surface area contributed by atoms with Crippen LogP contribution < -0.4 is 10.2 Å². The minimum Gasteiger partial charge on any atom is -0.497 e. The zero-order chi connectivity index (χ0) is 8.97. The molecule has 1 aromatic carbocycles. The van der Waals surface area contributed by atoms with Gasteiger partial charge in [0.25, 0.3) is 0 Å². The number of hydrogen-bond acceptors (Lipinski definition) is 3. The van der Waals surface area contributed by atoms with E-state index in [2.05, 4.69) is 0 Å². The molecule has 2 N–H and O–H groups in total. The second-order valence-electron chi connectivity index (χ2n) is 2.29. The van der Waals surface area contributed by atoms with Crippen molar-refractivity contribution in [3.8, 4) is 5.75 Å². The molecule has 0 aliphatic heterocycles. The van der Waals surface area contributed by atoms with Gasteiger partial charge in [-0.1, -0.05) is 0 Å². The van der Waals surface area contributed by atoms with Gasteiger partial charge in [0.1, 0.15) is 11.6 Å². The topological polar surface area (TPSA) is 41.5 Å². The van der Waals surface area contributed by atoms with E-state index in [1.165, 1.54) is 25.3 Å². The van der Waals surface area contributed by atoms with Gasteiger partial charge in [-0.2, -0.15) is 0 Å². The Hall–Kier alpha value is -1.13. The normalized spacial score (nSPS) is 9.92. The Bertz CT molecular complexity index is 265. The molecule has 12 heavy (non-hydrogen) atoms. The summed E-state index contributed by atoms with van der Waals surface area (Å²) < 4.78 is 17.8. The van der Waals surface area contributed by atoms with Crippen molar-refractivity contribution in [2.24, 2.45) is 0 Å². The minimum atomic E-state index is -0.364. The van der Waals surface area contributed by atoms with Crippen LogP contribution in [0.3, 0.4) is 0 Å². The molecule has 0 saturated heterocycles. The molecule has 0 saturated carbocycles. The minimum absolute atomic E-state index is 0.0725. The van der Waals surface area contributed by atoms with E-state index < -0.39 is 0 Å².